The van der Waals surface area contributed by atoms with E-state index < -0.39 is 36.8 Å². The van der Waals surface area contributed by atoms with Crippen LogP contribution in [0.4, 0.5) is 5.69 Å². The van der Waals surface area contributed by atoms with Gasteiger partial charge in [-0.3, -0.25) is 0 Å². The molecule has 30 heavy (non-hydrogen) atoms. The lowest BCUT2D eigenvalue weighted by molar-refractivity contribution is -0.286. The van der Waals surface area contributed by atoms with Gasteiger partial charge >= 0.3 is 0 Å². The molecule has 0 bridgehead atoms. The predicted octanol–water partition coefficient (Wildman–Crippen LogP) is 1.45. The zero-order chi connectivity index (χ0) is 21.8. The molecule has 164 valence electrons. The Morgan fingerprint density at radius 3 is 2.27 bits per heavy atom. The summed E-state index contributed by atoms with van der Waals surface area (Å²) in [6, 6.07) is 14.0. The molecule has 1 aliphatic heterocycles. The molecule has 0 unspecified atom stereocenters. The van der Waals surface area contributed by atoms with Crippen molar-refractivity contribution in [2.24, 2.45) is 0 Å². The van der Waals surface area contributed by atoms with Crippen LogP contribution in [0.1, 0.15) is 30.5 Å². The van der Waals surface area contributed by atoms with E-state index in [1.807, 2.05) is 12.1 Å². The summed E-state index contributed by atoms with van der Waals surface area (Å²) in [5.74, 6) is 0.485. The van der Waals surface area contributed by atoms with Gasteiger partial charge in [0.25, 0.3) is 0 Å². The van der Waals surface area contributed by atoms with Gasteiger partial charge in [-0.1, -0.05) is 37.3 Å². The van der Waals surface area contributed by atoms with E-state index in [0.29, 0.717) is 12.2 Å². The summed E-state index contributed by atoms with van der Waals surface area (Å²) in [7, 11) is 1.79. The van der Waals surface area contributed by atoms with Crippen LogP contribution in [0.2, 0.25) is 0 Å². The maximum atomic E-state index is 10.4. The number of rotatable bonds is 7. The van der Waals surface area contributed by atoms with Crippen LogP contribution in [-0.2, 0) is 17.6 Å². The van der Waals surface area contributed by atoms with Crippen molar-refractivity contribution in [2.45, 2.75) is 63.5 Å². The molecule has 2 aromatic carbocycles. The molecule has 1 fully saturated rings. The molecule has 0 aromatic heterocycles. The van der Waals surface area contributed by atoms with Crippen molar-refractivity contribution in [3.63, 3.8) is 0 Å². The van der Waals surface area contributed by atoms with Crippen LogP contribution < -0.4 is 10.1 Å². The fourth-order valence-electron chi connectivity index (χ4n) is 3.57. The highest BCUT2D eigenvalue weighted by atomic mass is 16.7. The van der Waals surface area contributed by atoms with E-state index in [4.69, 9.17) is 9.47 Å². The molecule has 7 nitrogen and oxygen atoms in total. The summed E-state index contributed by atoms with van der Waals surface area (Å²) in [5.41, 5.74) is 4.06. The molecule has 7 heteroatoms. The highest BCUT2D eigenvalue weighted by Crippen LogP contribution is 2.31. The molecule has 3 rings (SSSR count). The first-order chi connectivity index (χ1) is 14.3. The minimum atomic E-state index is -1.50. The number of hydrogen-bond donors (Lipinski definition) is 5. The van der Waals surface area contributed by atoms with Gasteiger partial charge < -0.3 is 35.2 Å². The standard InChI is InChI=1S/C23H31NO6/c1-4-14-5-7-15(8-6-14)11-16-9-10-17(24-3)12-18(16)29-23-21(28)19(26)20(27)22(30-23)13(2)25/h5-10,12-13,19-28H,4,11H2,1-3H3/t13-,19+,20+,21-,22-,23-/m1/s1. The van der Waals surface area contributed by atoms with Crippen molar-refractivity contribution >= 4 is 5.69 Å². The fourth-order valence-corrected chi connectivity index (χ4v) is 3.57. The third kappa shape index (κ3) is 4.94. The van der Waals surface area contributed by atoms with Crippen LogP contribution in [0, 0.1) is 0 Å². The van der Waals surface area contributed by atoms with Gasteiger partial charge in [-0.25, -0.2) is 0 Å². The number of nitrogens with one attached hydrogen (secondary N) is 1. The second kappa shape index (κ2) is 9.76. The Hall–Kier alpha value is -2.16. The van der Waals surface area contributed by atoms with E-state index in [9.17, 15) is 20.4 Å². The molecule has 0 spiro atoms. The third-order valence-electron chi connectivity index (χ3n) is 5.51. The number of benzene rings is 2. The molecule has 0 radical (unpaired) electrons. The largest absolute Gasteiger partial charge is 0.462 e. The lowest BCUT2D eigenvalue weighted by atomic mass is 9.96. The summed E-state index contributed by atoms with van der Waals surface area (Å²) in [4.78, 5) is 0. The Balaban J connectivity index is 1.86. The van der Waals surface area contributed by atoms with Gasteiger partial charge in [-0.15, -0.1) is 0 Å². The second-order valence-electron chi connectivity index (χ2n) is 7.72. The summed E-state index contributed by atoms with van der Waals surface area (Å²) >= 11 is 0. The zero-order valence-corrected chi connectivity index (χ0v) is 17.5. The highest BCUT2D eigenvalue weighted by molar-refractivity contribution is 5.52. The van der Waals surface area contributed by atoms with Crippen molar-refractivity contribution < 1.29 is 29.9 Å². The van der Waals surface area contributed by atoms with E-state index in [0.717, 1.165) is 23.2 Å². The van der Waals surface area contributed by atoms with Crippen LogP contribution in [0.5, 0.6) is 5.75 Å². The summed E-state index contributed by atoms with van der Waals surface area (Å²) < 4.78 is 11.6. The van der Waals surface area contributed by atoms with Crippen LogP contribution in [0.3, 0.4) is 0 Å². The fraction of sp³-hybridized carbons (Fsp3) is 0.478. The molecule has 0 amide bonds. The number of aliphatic hydroxyl groups is 4. The van der Waals surface area contributed by atoms with Gasteiger partial charge in [0.05, 0.1) is 6.10 Å². The predicted molar refractivity (Wildman–Crippen MR) is 114 cm³/mol. The molecule has 2 aromatic rings. The van der Waals surface area contributed by atoms with Gasteiger partial charge in [-0.05, 0) is 36.1 Å². The molecule has 0 saturated carbocycles. The smallest absolute Gasteiger partial charge is 0.229 e. The van der Waals surface area contributed by atoms with Gasteiger partial charge in [0.15, 0.2) is 0 Å². The molecular weight excluding hydrogens is 386 g/mol. The molecular formula is C23H31NO6. The topological polar surface area (TPSA) is 111 Å². The Kier molecular flexibility index (Phi) is 7.33. The monoisotopic (exact) mass is 417 g/mol. The summed E-state index contributed by atoms with van der Waals surface area (Å²) in [5, 5.41) is 43.6. The maximum absolute atomic E-state index is 10.4. The van der Waals surface area contributed by atoms with Crippen LogP contribution >= 0.6 is 0 Å². The summed E-state index contributed by atoms with van der Waals surface area (Å²) in [6.07, 6.45) is -6.17. The maximum Gasteiger partial charge on any atom is 0.229 e. The summed E-state index contributed by atoms with van der Waals surface area (Å²) in [6.45, 7) is 3.56. The van der Waals surface area contributed by atoms with Crippen molar-refractivity contribution in [3.8, 4) is 5.75 Å². The number of anilines is 1. The highest BCUT2D eigenvalue weighted by Gasteiger charge is 2.46. The quantitative estimate of drug-likeness (QED) is 0.464. The van der Waals surface area contributed by atoms with Gasteiger partial charge in [0.2, 0.25) is 6.29 Å². The second-order valence-corrected chi connectivity index (χ2v) is 7.72. The average Bonchev–Trinajstić information content (AvgIpc) is 2.75. The first kappa shape index (κ1) is 22.5. The molecule has 6 atom stereocenters. The first-order valence-electron chi connectivity index (χ1n) is 10.3. The van der Waals surface area contributed by atoms with Crippen LogP contribution in [-0.4, -0.2) is 64.3 Å². The van der Waals surface area contributed by atoms with Gasteiger partial charge in [-0.2, -0.15) is 0 Å². The Labute approximate surface area is 176 Å². The van der Waals surface area contributed by atoms with Crippen molar-refractivity contribution in [1.29, 1.82) is 0 Å². The minimum absolute atomic E-state index is 0.485. The third-order valence-corrected chi connectivity index (χ3v) is 5.51. The zero-order valence-electron chi connectivity index (χ0n) is 17.5. The Morgan fingerprint density at radius 2 is 1.67 bits per heavy atom. The van der Waals surface area contributed by atoms with E-state index in [2.05, 4.69) is 36.5 Å². The van der Waals surface area contributed by atoms with Crippen LogP contribution in [0.25, 0.3) is 0 Å². The SMILES string of the molecule is CCc1ccc(Cc2ccc(NC)cc2O[C@@H]2O[C@H]([C@@H](C)O)[C@@H](O)[C@H](O)[C@H]2O)cc1. The first-order valence-corrected chi connectivity index (χ1v) is 10.3. The van der Waals surface area contributed by atoms with Crippen molar-refractivity contribution in [1.82, 2.24) is 0 Å². The minimum Gasteiger partial charge on any atom is -0.462 e. The van der Waals surface area contributed by atoms with E-state index in [1.54, 1.807) is 13.1 Å². The van der Waals surface area contributed by atoms with Crippen molar-refractivity contribution in [2.75, 3.05) is 12.4 Å². The molecule has 1 saturated heterocycles. The Bertz CT molecular complexity index is 825. The average molecular weight is 418 g/mol. The van der Waals surface area contributed by atoms with E-state index >= 15 is 0 Å². The molecule has 1 heterocycles. The number of aliphatic hydroxyl groups excluding tert-OH is 4. The normalized spacial score (nSPS) is 27.5. The van der Waals surface area contributed by atoms with Crippen LogP contribution in [0.15, 0.2) is 42.5 Å². The van der Waals surface area contributed by atoms with E-state index in [-0.39, 0.29) is 0 Å². The molecule has 1 aliphatic rings. The Morgan fingerprint density at radius 1 is 1.00 bits per heavy atom. The molecule has 0 aliphatic carbocycles. The number of hydrogen-bond acceptors (Lipinski definition) is 7. The van der Waals surface area contributed by atoms with Gasteiger partial charge in [0, 0.05) is 25.2 Å². The van der Waals surface area contributed by atoms with Crippen molar-refractivity contribution in [3.05, 3.63) is 59.2 Å². The van der Waals surface area contributed by atoms with Gasteiger partial charge in [0.1, 0.15) is 30.2 Å². The lowest BCUT2D eigenvalue weighted by Crippen LogP contribution is -2.61. The number of aryl methyl sites for hydroxylation is 1. The van der Waals surface area contributed by atoms with E-state index in [1.165, 1.54) is 12.5 Å². The molecule has 5 N–H and O–H groups in total. The number of ether oxygens (including phenoxy) is 2. The lowest BCUT2D eigenvalue weighted by Gasteiger charge is -2.41.